The van der Waals surface area contributed by atoms with E-state index < -0.39 is 23.4 Å². The SMILES string of the molecule is C=CCC[C@H](N)c1c(O)cc(F)cc1F.Cl. The summed E-state index contributed by atoms with van der Waals surface area (Å²) >= 11 is 0. The lowest BCUT2D eigenvalue weighted by molar-refractivity contribution is 0.437. The molecule has 0 amide bonds. The van der Waals surface area contributed by atoms with Crippen molar-refractivity contribution in [1.29, 1.82) is 0 Å². The molecular weight excluding hydrogens is 236 g/mol. The summed E-state index contributed by atoms with van der Waals surface area (Å²) in [5.41, 5.74) is 5.62. The monoisotopic (exact) mass is 249 g/mol. The highest BCUT2D eigenvalue weighted by atomic mass is 35.5. The number of phenols is 1. The lowest BCUT2D eigenvalue weighted by Crippen LogP contribution is -2.12. The molecule has 0 fully saturated rings. The molecule has 0 saturated carbocycles. The first kappa shape index (κ1) is 14.9. The first-order valence-corrected chi connectivity index (χ1v) is 4.60. The maximum Gasteiger partial charge on any atom is 0.134 e. The van der Waals surface area contributed by atoms with Crippen LogP contribution in [0.3, 0.4) is 0 Å². The quantitative estimate of drug-likeness (QED) is 0.806. The van der Waals surface area contributed by atoms with E-state index in [4.69, 9.17) is 5.73 Å². The lowest BCUT2D eigenvalue weighted by Gasteiger charge is -2.13. The van der Waals surface area contributed by atoms with Crippen LogP contribution >= 0.6 is 12.4 Å². The van der Waals surface area contributed by atoms with E-state index in [1.165, 1.54) is 0 Å². The fourth-order valence-corrected chi connectivity index (χ4v) is 1.38. The molecular formula is C11H14ClF2NO. The van der Waals surface area contributed by atoms with Gasteiger partial charge in [-0.3, -0.25) is 0 Å². The second kappa shape index (κ2) is 6.45. The molecule has 0 aromatic heterocycles. The van der Waals surface area contributed by atoms with E-state index in [0.717, 1.165) is 6.07 Å². The number of benzene rings is 1. The second-order valence-electron chi connectivity index (χ2n) is 3.29. The molecule has 1 rings (SSSR count). The van der Waals surface area contributed by atoms with Crippen LogP contribution in [-0.2, 0) is 0 Å². The van der Waals surface area contributed by atoms with Crippen LogP contribution in [0.5, 0.6) is 5.75 Å². The largest absolute Gasteiger partial charge is 0.507 e. The Morgan fingerprint density at radius 1 is 1.44 bits per heavy atom. The first-order chi connectivity index (χ1) is 7.06. The van der Waals surface area contributed by atoms with E-state index in [0.29, 0.717) is 18.9 Å². The van der Waals surface area contributed by atoms with E-state index in [9.17, 15) is 13.9 Å². The topological polar surface area (TPSA) is 46.2 Å². The predicted molar refractivity (Wildman–Crippen MR) is 61.6 cm³/mol. The highest BCUT2D eigenvalue weighted by Gasteiger charge is 2.16. The Morgan fingerprint density at radius 2 is 2.06 bits per heavy atom. The number of nitrogens with two attached hydrogens (primary N) is 1. The summed E-state index contributed by atoms with van der Waals surface area (Å²) in [4.78, 5) is 0. The standard InChI is InChI=1S/C11H13F2NO.ClH/c1-2-3-4-9(14)11-8(13)5-7(12)6-10(11)15;/h2,5-6,9,15H,1,3-4,14H2;1H/t9-;/m0./s1. The van der Waals surface area contributed by atoms with Crippen molar-refractivity contribution in [3.63, 3.8) is 0 Å². The van der Waals surface area contributed by atoms with Crippen molar-refractivity contribution in [1.82, 2.24) is 0 Å². The summed E-state index contributed by atoms with van der Waals surface area (Å²) in [6.07, 6.45) is 2.72. The second-order valence-corrected chi connectivity index (χ2v) is 3.29. The third-order valence-electron chi connectivity index (χ3n) is 2.13. The normalized spacial score (nSPS) is 11.7. The van der Waals surface area contributed by atoms with E-state index in [1.807, 2.05) is 0 Å². The Morgan fingerprint density at radius 3 is 2.56 bits per heavy atom. The van der Waals surface area contributed by atoms with Gasteiger partial charge < -0.3 is 10.8 Å². The molecule has 5 heteroatoms. The molecule has 1 atom stereocenters. The molecule has 0 spiro atoms. The smallest absolute Gasteiger partial charge is 0.134 e. The van der Waals surface area contributed by atoms with Crippen LogP contribution in [0.1, 0.15) is 24.4 Å². The summed E-state index contributed by atoms with van der Waals surface area (Å²) < 4.78 is 25.9. The molecule has 16 heavy (non-hydrogen) atoms. The third kappa shape index (κ3) is 3.47. The van der Waals surface area contributed by atoms with Crippen LogP contribution in [0.4, 0.5) is 8.78 Å². The molecule has 0 aliphatic carbocycles. The van der Waals surface area contributed by atoms with Crippen LogP contribution in [0.25, 0.3) is 0 Å². The molecule has 0 saturated heterocycles. The molecule has 1 aromatic rings. The maximum absolute atomic E-state index is 13.3. The van der Waals surface area contributed by atoms with E-state index >= 15 is 0 Å². The van der Waals surface area contributed by atoms with Gasteiger partial charge in [-0.2, -0.15) is 0 Å². The summed E-state index contributed by atoms with van der Waals surface area (Å²) in [6, 6.07) is 0.915. The Bertz CT molecular complexity index is 348. The third-order valence-corrected chi connectivity index (χ3v) is 2.13. The highest BCUT2D eigenvalue weighted by Crippen LogP contribution is 2.29. The van der Waals surface area contributed by atoms with Crippen LogP contribution in [0.15, 0.2) is 24.8 Å². The summed E-state index contributed by atoms with van der Waals surface area (Å²) in [7, 11) is 0. The van der Waals surface area contributed by atoms with Gasteiger partial charge in [-0.15, -0.1) is 19.0 Å². The molecule has 0 radical (unpaired) electrons. The summed E-state index contributed by atoms with van der Waals surface area (Å²) in [5, 5.41) is 9.36. The van der Waals surface area contributed by atoms with Crippen LogP contribution in [0, 0.1) is 11.6 Å². The van der Waals surface area contributed by atoms with Gasteiger partial charge in [0.25, 0.3) is 0 Å². The number of halogens is 3. The van der Waals surface area contributed by atoms with Gasteiger partial charge in [0, 0.05) is 23.7 Å². The minimum absolute atomic E-state index is 0. The molecule has 1 aromatic carbocycles. The van der Waals surface area contributed by atoms with Gasteiger partial charge >= 0.3 is 0 Å². The van der Waals surface area contributed by atoms with Crippen molar-refractivity contribution in [2.45, 2.75) is 18.9 Å². The maximum atomic E-state index is 13.3. The minimum atomic E-state index is -0.816. The molecule has 0 aliphatic heterocycles. The Labute approximate surface area is 99.2 Å². The van der Waals surface area contributed by atoms with Crippen LogP contribution < -0.4 is 5.73 Å². The van der Waals surface area contributed by atoms with E-state index in [-0.39, 0.29) is 18.0 Å². The summed E-state index contributed by atoms with van der Waals surface area (Å²) in [6.45, 7) is 3.51. The number of hydrogen-bond acceptors (Lipinski definition) is 2. The van der Waals surface area contributed by atoms with Gasteiger partial charge in [-0.1, -0.05) is 6.08 Å². The number of allylic oxidation sites excluding steroid dienone is 1. The van der Waals surface area contributed by atoms with E-state index in [1.54, 1.807) is 6.08 Å². The van der Waals surface area contributed by atoms with Crippen molar-refractivity contribution in [3.8, 4) is 5.75 Å². The van der Waals surface area contributed by atoms with Crippen molar-refractivity contribution in [2.24, 2.45) is 5.73 Å². The molecule has 0 unspecified atom stereocenters. The zero-order valence-electron chi connectivity index (χ0n) is 8.62. The van der Waals surface area contributed by atoms with Crippen LogP contribution in [-0.4, -0.2) is 5.11 Å². The van der Waals surface area contributed by atoms with Gasteiger partial charge in [-0.05, 0) is 12.8 Å². The minimum Gasteiger partial charge on any atom is -0.507 e. The van der Waals surface area contributed by atoms with E-state index in [2.05, 4.69) is 6.58 Å². The van der Waals surface area contributed by atoms with Crippen LogP contribution in [0.2, 0.25) is 0 Å². The lowest BCUT2D eigenvalue weighted by atomic mass is 10.0. The summed E-state index contributed by atoms with van der Waals surface area (Å²) in [5.74, 6) is -2.07. The van der Waals surface area contributed by atoms with Crippen molar-refractivity contribution < 1.29 is 13.9 Å². The molecule has 3 N–H and O–H groups in total. The van der Waals surface area contributed by atoms with Gasteiger partial charge in [0.05, 0.1) is 0 Å². The van der Waals surface area contributed by atoms with Gasteiger partial charge in [0.1, 0.15) is 17.4 Å². The number of hydrogen-bond donors (Lipinski definition) is 2. The zero-order chi connectivity index (χ0) is 11.4. The van der Waals surface area contributed by atoms with Gasteiger partial charge in [-0.25, -0.2) is 8.78 Å². The Hall–Kier alpha value is -1.13. The first-order valence-electron chi connectivity index (χ1n) is 4.60. The zero-order valence-corrected chi connectivity index (χ0v) is 9.44. The predicted octanol–water partition coefficient (Wildman–Crippen LogP) is 3.06. The van der Waals surface area contributed by atoms with Crippen molar-refractivity contribution in [2.75, 3.05) is 0 Å². The number of aromatic hydroxyl groups is 1. The average Bonchev–Trinajstić information content (AvgIpc) is 2.12. The molecule has 90 valence electrons. The van der Waals surface area contributed by atoms with Crippen molar-refractivity contribution in [3.05, 3.63) is 42.0 Å². The van der Waals surface area contributed by atoms with Gasteiger partial charge in [0.15, 0.2) is 0 Å². The molecule has 0 bridgehead atoms. The number of rotatable bonds is 4. The average molecular weight is 250 g/mol. The Balaban J connectivity index is 0.00000225. The van der Waals surface area contributed by atoms with Gasteiger partial charge in [0.2, 0.25) is 0 Å². The van der Waals surface area contributed by atoms with Crippen molar-refractivity contribution >= 4 is 12.4 Å². The highest BCUT2D eigenvalue weighted by molar-refractivity contribution is 5.85. The molecule has 0 heterocycles. The Kier molecular flexibility index (Phi) is 6.00. The fraction of sp³-hybridized carbons (Fsp3) is 0.273. The molecule has 0 aliphatic rings. The number of phenolic OH excluding ortho intramolecular Hbond substituents is 1. The fourth-order valence-electron chi connectivity index (χ4n) is 1.38. The molecule has 2 nitrogen and oxygen atoms in total.